The molecule has 21 heteroatoms. The molecule has 5 rings (SSSR count). The molecule has 1 aromatic heterocycles. The number of carbonyl (C=O) groups excluding carboxylic acids is 7. The van der Waals surface area contributed by atoms with Gasteiger partial charge < -0.3 is 44.3 Å². The Kier molecular flexibility index (Phi) is 15.3. The van der Waals surface area contributed by atoms with Crippen LogP contribution in [0.15, 0.2) is 30.4 Å². The van der Waals surface area contributed by atoms with Gasteiger partial charge in [-0.05, 0) is 24.6 Å². The fourth-order valence-corrected chi connectivity index (χ4v) is 7.23. The summed E-state index contributed by atoms with van der Waals surface area (Å²) in [7, 11) is 2.65. The van der Waals surface area contributed by atoms with E-state index >= 15 is 8.78 Å². The lowest BCUT2D eigenvalue weighted by atomic mass is 10.1. The van der Waals surface area contributed by atoms with Crippen LogP contribution in [0.2, 0.25) is 0 Å². The van der Waals surface area contributed by atoms with Crippen LogP contribution in [-0.2, 0) is 51.4 Å². The number of fused-ring (bicyclic) bond motifs is 2. The second-order valence-corrected chi connectivity index (χ2v) is 14.8. The largest absolute Gasteiger partial charge is 0.493 e. The number of aliphatic carboxylic acids is 1. The molecule has 2 aliphatic rings. The molecular formula is C40H42F2N4O14S. The number of esters is 1. The molecule has 3 heterocycles. The van der Waals surface area contributed by atoms with Crippen LogP contribution >= 0.6 is 11.3 Å². The number of rotatable bonds is 22. The lowest BCUT2D eigenvalue weighted by molar-refractivity contribution is -0.148. The number of hydrogen-bond acceptors (Lipinski definition) is 14. The minimum Gasteiger partial charge on any atom is -0.493 e. The maximum absolute atomic E-state index is 15.8. The lowest BCUT2D eigenvalue weighted by Crippen LogP contribution is -2.44. The summed E-state index contributed by atoms with van der Waals surface area (Å²) in [6.07, 6.45) is 0.306. The monoisotopic (exact) mass is 872 g/mol. The maximum atomic E-state index is 15.8. The Balaban J connectivity index is 1.07. The zero-order valence-electron chi connectivity index (χ0n) is 33.3. The Morgan fingerprint density at radius 2 is 1.49 bits per heavy atom. The standard InChI is InChI=1S/C40H42F2N4O14S/c1-21(16-43-30(48)17-44-31(49)20-46-33(51)6-7-34(46)52)60-36(55)10-5-25(47)29-14-23-28(61-29)15-27(57-3)40(37(23)41)59-12-4-11-58-39-26(56-2)13-22-18-45(19-24(22)38(39)42)32(50)8-9-35(53)54/h6-7,13-15,21H,4-5,8-12,16-20H2,1-3H3,(H,43,48)(H,44,49)(H,53,54)/t21-/m0/s1. The topological polar surface area (TPSA) is 233 Å². The van der Waals surface area contributed by atoms with E-state index in [0.29, 0.717) is 15.2 Å². The van der Waals surface area contributed by atoms with Crippen LogP contribution < -0.4 is 29.6 Å². The lowest BCUT2D eigenvalue weighted by Gasteiger charge is -2.15. The Bertz CT molecular complexity index is 2260. The summed E-state index contributed by atoms with van der Waals surface area (Å²) in [6.45, 7) is 0.277. The predicted molar refractivity (Wildman–Crippen MR) is 209 cm³/mol. The van der Waals surface area contributed by atoms with E-state index in [-0.39, 0.29) is 104 Å². The first-order valence-corrected chi connectivity index (χ1v) is 19.6. The molecule has 61 heavy (non-hydrogen) atoms. The molecule has 0 radical (unpaired) electrons. The van der Waals surface area contributed by atoms with Crippen molar-refractivity contribution < 1.29 is 75.9 Å². The van der Waals surface area contributed by atoms with Crippen molar-refractivity contribution in [2.45, 2.75) is 58.2 Å². The third-order valence-corrected chi connectivity index (χ3v) is 10.4. The Morgan fingerprint density at radius 1 is 0.836 bits per heavy atom. The normalized spacial score (nSPS) is 13.5. The fourth-order valence-electron chi connectivity index (χ4n) is 6.17. The molecule has 0 fully saturated rings. The minimum atomic E-state index is -1.11. The van der Waals surface area contributed by atoms with Crippen LogP contribution in [0.5, 0.6) is 23.0 Å². The van der Waals surface area contributed by atoms with E-state index in [9.17, 15) is 38.4 Å². The number of nitrogens with zero attached hydrogens (tertiary/aromatic N) is 2. The molecular weight excluding hydrogens is 831 g/mol. The summed E-state index contributed by atoms with van der Waals surface area (Å²) in [5.74, 6) is -7.09. The molecule has 2 aliphatic heterocycles. The van der Waals surface area contributed by atoms with Crippen LogP contribution in [-0.4, -0.2) is 115 Å². The molecule has 0 unspecified atom stereocenters. The molecule has 0 saturated carbocycles. The number of carboxylic acids is 1. The maximum Gasteiger partial charge on any atom is 0.306 e. The first kappa shape index (κ1) is 45.4. The number of ketones is 1. The summed E-state index contributed by atoms with van der Waals surface area (Å²) in [4.78, 5) is 98.2. The van der Waals surface area contributed by atoms with Gasteiger partial charge in [0.25, 0.3) is 11.8 Å². The number of halogens is 2. The van der Waals surface area contributed by atoms with Crippen molar-refractivity contribution in [1.82, 2.24) is 20.4 Å². The molecule has 5 amide bonds. The number of ether oxygens (including phenoxy) is 5. The molecule has 3 aromatic rings. The van der Waals surface area contributed by atoms with Gasteiger partial charge in [-0.25, -0.2) is 8.78 Å². The predicted octanol–water partition coefficient (Wildman–Crippen LogP) is 2.80. The summed E-state index contributed by atoms with van der Waals surface area (Å²) in [5.41, 5.74) is 0.740. The van der Waals surface area contributed by atoms with Gasteiger partial charge in [0.2, 0.25) is 17.7 Å². The van der Waals surface area contributed by atoms with Crippen molar-refractivity contribution in [2.24, 2.45) is 0 Å². The van der Waals surface area contributed by atoms with Gasteiger partial charge >= 0.3 is 11.9 Å². The van der Waals surface area contributed by atoms with Crippen LogP contribution in [0, 0.1) is 11.6 Å². The van der Waals surface area contributed by atoms with Gasteiger partial charge in [-0.15, -0.1) is 11.3 Å². The van der Waals surface area contributed by atoms with Crippen LogP contribution in [0.25, 0.3) is 10.1 Å². The highest BCUT2D eigenvalue weighted by Gasteiger charge is 2.31. The van der Waals surface area contributed by atoms with Gasteiger partial charge in [-0.3, -0.25) is 43.3 Å². The number of Topliss-reactive ketones (excluding diaryl/α,β-unsaturated/α-hetero) is 1. The third-order valence-electron chi connectivity index (χ3n) is 9.30. The number of hydrogen-bond donors (Lipinski definition) is 3. The second-order valence-electron chi connectivity index (χ2n) is 13.7. The molecule has 1 atom stereocenters. The number of amides is 5. The van der Waals surface area contributed by atoms with E-state index in [0.717, 1.165) is 23.5 Å². The Morgan fingerprint density at radius 3 is 2.15 bits per heavy atom. The molecule has 326 valence electrons. The van der Waals surface area contributed by atoms with Crippen LogP contribution in [0.4, 0.5) is 8.78 Å². The summed E-state index contributed by atoms with van der Waals surface area (Å²) in [5, 5.41) is 13.7. The van der Waals surface area contributed by atoms with Crippen molar-refractivity contribution in [2.75, 3.05) is 47.1 Å². The Hall–Kier alpha value is -6.64. The van der Waals surface area contributed by atoms with Gasteiger partial charge in [0.1, 0.15) is 12.6 Å². The van der Waals surface area contributed by atoms with Crippen LogP contribution in [0.1, 0.15) is 59.8 Å². The van der Waals surface area contributed by atoms with Crippen molar-refractivity contribution in [3.63, 3.8) is 0 Å². The molecule has 0 bridgehead atoms. The van der Waals surface area contributed by atoms with E-state index in [1.54, 1.807) is 6.07 Å². The summed E-state index contributed by atoms with van der Waals surface area (Å²) < 4.78 is 59.1. The summed E-state index contributed by atoms with van der Waals surface area (Å²) in [6, 6.07) is 4.41. The van der Waals surface area contributed by atoms with E-state index in [1.807, 2.05) is 0 Å². The van der Waals surface area contributed by atoms with Gasteiger partial charge in [0.15, 0.2) is 40.4 Å². The zero-order chi connectivity index (χ0) is 44.4. The number of carbonyl (C=O) groups is 8. The number of carboxylic acid groups (broad SMARTS) is 1. The summed E-state index contributed by atoms with van der Waals surface area (Å²) >= 11 is 0.992. The van der Waals surface area contributed by atoms with E-state index in [1.165, 1.54) is 38.2 Å². The number of benzene rings is 2. The van der Waals surface area contributed by atoms with Gasteiger partial charge in [0.05, 0.1) is 58.2 Å². The average molecular weight is 873 g/mol. The highest BCUT2D eigenvalue weighted by atomic mass is 32.1. The SMILES string of the molecule is COc1cc2c(c(F)c1OCCCOc1c(OC)cc3sc(C(=O)CCC(=O)O[C@@H](C)CNC(=O)CNC(=O)CN4C(=O)C=CC4=O)cc3c1F)CN(C(=O)CCC(=O)O)C2. The van der Waals surface area contributed by atoms with E-state index in [4.69, 9.17) is 28.8 Å². The van der Waals surface area contributed by atoms with Crippen molar-refractivity contribution in [1.29, 1.82) is 0 Å². The molecule has 18 nitrogen and oxygen atoms in total. The molecule has 0 spiro atoms. The minimum absolute atomic E-state index is 0.0557. The fraction of sp³-hybridized carbons (Fsp3) is 0.400. The molecule has 2 aromatic carbocycles. The van der Waals surface area contributed by atoms with Crippen molar-refractivity contribution >= 4 is 68.7 Å². The van der Waals surface area contributed by atoms with Gasteiger partial charge in [-0.1, -0.05) is 0 Å². The average Bonchev–Trinajstić information content (AvgIpc) is 3.95. The van der Waals surface area contributed by atoms with Crippen LogP contribution in [0.3, 0.4) is 0 Å². The highest BCUT2D eigenvalue weighted by Crippen LogP contribution is 2.41. The van der Waals surface area contributed by atoms with E-state index < -0.39 is 78.1 Å². The van der Waals surface area contributed by atoms with Gasteiger partial charge in [-0.2, -0.15) is 0 Å². The van der Waals surface area contributed by atoms with Gasteiger partial charge in [0, 0.05) is 66.2 Å². The first-order valence-electron chi connectivity index (χ1n) is 18.8. The molecule has 0 aliphatic carbocycles. The smallest absolute Gasteiger partial charge is 0.306 e. The zero-order valence-corrected chi connectivity index (χ0v) is 34.1. The van der Waals surface area contributed by atoms with Crippen molar-refractivity contribution in [3.8, 4) is 23.0 Å². The Labute approximate surface area is 350 Å². The number of imide groups is 1. The molecule has 0 saturated heterocycles. The number of nitrogens with one attached hydrogen (secondary N) is 2. The number of methoxy groups -OCH3 is 2. The van der Waals surface area contributed by atoms with Crippen molar-refractivity contribution in [3.05, 3.63) is 58.0 Å². The molecule has 3 N–H and O–H groups in total. The quantitative estimate of drug-likeness (QED) is 0.0571. The second kappa shape index (κ2) is 20.6. The highest BCUT2D eigenvalue weighted by molar-refractivity contribution is 7.20. The third kappa shape index (κ3) is 11.6. The number of thiophene rings is 1. The first-order chi connectivity index (χ1) is 29.1. The van der Waals surface area contributed by atoms with E-state index in [2.05, 4.69) is 10.6 Å².